The molecule has 1 saturated heterocycles. The number of aromatic nitrogens is 2. The van der Waals surface area contributed by atoms with Gasteiger partial charge in [0.25, 0.3) is 0 Å². The molecule has 0 radical (unpaired) electrons. The Labute approximate surface area is 168 Å². The molecule has 2 aromatic rings. The quantitative estimate of drug-likeness (QED) is 0.661. The van der Waals surface area contributed by atoms with Gasteiger partial charge in [0.1, 0.15) is 24.4 Å². The number of amides is 2. The van der Waals surface area contributed by atoms with Gasteiger partial charge in [0.2, 0.25) is 0 Å². The Balaban J connectivity index is 1.76. The van der Waals surface area contributed by atoms with Crippen molar-refractivity contribution in [2.24, 2.45) is 7.05 Å². The van der Waals surface area contributed by atoms with Crippen molar-refractivity contribution in [1.29, 1.82) is 0 Å². The maximum atomic E-state index is 13.6. The Morgan fingerprint density at radius 3 is 2.90 bits per heavy atom. The van der Waals surface area contributed by atoms with Gasteiger partial charge in [-0.1, -0.05) is 0 Å². The van der Waals surface area contributed by atoms with Gasteiger partial charge in [-0.2, -0.15) is 5.10 Å². The van der Waals surface area contributed by atoms with Crippen molar-refractivity contribution in [2.45, 2.75) is 19.4 Å². The molecule has 29 heavy (non-hydrogen) atoms. The van der Waals surface area contributed by atoms with Gasteiger partial charge in [-0.05, 0) is 49.7 Å². The molecule has 3 N–H and O–H groups in total. The third kappa shape index (κ3) is 5.32. The predicted octanol–water partition coefficient (Wildman–Crippen LogP) is 3.16. The zero-order chi connectivity index (χ0) is 20.8. The topological polar surface area (TPSA) is 80.2 Å². The van der Waals surface area contributed by atoms with E-state index in [2.05, 4.69) is 21.0 Å². The average molecular weight is 405 g/mol. The highest BCUT2D eigenvalue weighted by molar-refractivity contribution is 5.90. The molecule has 3 rings (SSSR count). The minimum absolute atomic E-state index is 0.0355. The van der Waals surface area contributed by atoms with Crippen molar-refractivity contribution in [3.63, 3.8) is 0 Å². The fourth-order valence-corrected chi connectivity index (χ4v) is 3.01. The summed E-state index contributed by atoms with van der Waals surface area (Å²) < 4.78 is 33.9. The maximum absolute atomic E-state index is 13.6. The van der Waals surface area contributed by atoms with Crippen LogP contribution in [0.4, 0.5) is 19.3 Å². The van der Waals surface area contributed by atoms with Crippen molar-refractivity contribution in [1.82, 2.24) is 20.4 Å². The molecule has 1 aromatic heterocycles. The van der Waals surface area contributed by atoms with Crippen LogP contribution in [0.15, 0.2) is 41.9 Å². The molecule has 1 fully saturated rings. The molecule has 9 heteroatoms. The lowest BCUT2D eigenvalue weighted by molar-refractivity contribution is 0.224. The lowest BCUT2D eigenvalue weighted by Crippen LogP contribution is -2.30. The Hall–Kier alpha value is -2.94. The highest BCUT2D eigenvalue weighted by Crippen LogP contribution is 2.33. The molecule has 2 heterocycles. The van der Waals surface area contributed by atoms with E-state index in [0.29, 0.717) is 11.4 Å². The summed E-state index contributed by atoms with van der Waals surface area (Å²) in [5.74, 6) is 0.00736. The number of rotatable bonds is 7. The minimum Gasteiger partial charge on any atom is -0.488 e. The fourth-order valence-electron chi connectivity index (χ4n) is 3.01. The summed E-state index contributed by atoms with van der Waals surface area (Å²) in [4.78, 5) is 12.1. The predicted molar refractivity (Wildman–Crippen MR) is 107 cm³/mol. The molecule has 2 amide bonds. The van der Waals surface area contributed by atoms with Gasteiger partial charge < -0.3 is 20.7 Å². The van der Waals surface area contributed by atoms with Crippen molar-refractivity contribution < 1.29 is 18.3 Å². The van der Waals surface area contributed by atoms with Gasteiger partial charge in [0.05, 0.1) is 12.2 Å². The molecule has 0 aliphatic carbocycles. The van der Waals surface area contributed by atoms with Crippen LogP contribution in [0.2, 0.25) is 0 Å². The standard InChI is InChI=1S/C20H25F2N5O2/c1-13(10-21)17(22)12-24-20(28)26-14-3-4-19(29-15-5-7-23-11-15)16(9-14)18-6-8-25-27(18)2/h3-4,6,8-9,15,23H,5,7,10-12H2,1-2H3,(H2,24,26,28). The molecule has 0 saturated carbocycles. The number of aryl methyl sites for hydroxylation is 1. The van der Waals surface area contributed by atoms with Gasteiger partial charge in [-0.15, -0.1) is 0 Å². The lowest BCUT2D eigenvalue weighted by atomic mass is 10.1. The minimum atomic E-state index is -0.888. The second kappa shape index (κ2) is 9.51. The summed E-state index contributed by atoms with van der Waals surface area (Å²) in [6.45, 7) is 1.78. The average Bonchev–Trinajstić information content (AvgIpc) is 3.38. The molecular formula is C20H25F2N5O2. The Morgan fingerprint density at radius 1 is 1.41 bits per heavy atom. The van der Waals surface area contributed by atoms with Crippen LogP contribution < -0.4 is 20.7 Å². The van der Waals surface area contributed by atoms with E-state index in [9.17, 15) is 13.6 Å². The second-order valence-corrected chi connectivity index (χ2v) is 6.91. The normalized spacial score (nSPS) is 17.0. The van der Waals surface area contributed by atoms with E-state index in [4.69, 9.17) is 4.74 Å². The SMILES string of the molecule is CC(CF)=C(F)CNC(=O)Nc1ccc(OC2CCNC2)c(-c2ccnn2C)c1. The van der Waals surface area contributed by atoms with Gasteiger partial charge in [0, 0.05) is 31.0 Å². The number of carbonyl (C=O) groups is 1. The summed E-state index contributed by atoms with van der Waals surface area (Å²) in [6.07, 6.45) is 2.69. The summed E-state index contributed by atoms with van der Waals surface area (Å²) in [5, 5.41) is 12.5. The van der Waals surface area contributed by atoms with Gasteiger partial charge in [-0.25, -0.2) is 13.6 Å². The zero-order valence-corrected chi connectivity index (χ0v) is 16.5. The molecule has 156 valence electrons. The highest BCUT2D eigenvalue weighted by Gasteiger charge is 2.19. The number of ether oxygens (including phenoxy) is 1. The van der Waals surface area contributed by atoms with Crippen LogP contribution in [0.1, 0.15) is 13.3 Å². The highest BCUT2D eigenvalue weighted by atomic mass is 19.1. The first-order valence-corrected chi connectivity index (χ1v) is 9.42. The smallest absolute Gasteiger partial charge is 0.319 e. The van der Waals surface area contributed by atoms with Crippen LogP contribution in [0.5, 0.6) is 5.75 Å². The van der Waals surface area contributed by atoms with E-state index in [1.54, 1.807) is 29.1 Å². The molecule has 0 spiro atoms. The summed E-state index contributed by atoms with van der Waals surface area (Å²) in [5.41, 5.74) is 2.10. The molecule has 1 aromatic carbocycles. The molecular weight excluding hydrogens is 380 g/mol. The lowest BCUT2D eigenvalue weighted by Gasteiger charge is -2.17. The molecule has 1 aliphatic heterocycles. The molecule has 0 bridgehead atoms. The van der Waals surface area contributed by atoms with E-state index >= 15 is 0 Å². The van der Waals surface area contributed by atoms with Crippen LogP contribution in [0, 0.1) is 0 Å². The number of alkyl halides is 1. The fraction of sp³-hybridized carbons (Fsp3) is 0.400. The van der Waals surface area contributed by atoms with E-state index in [1.165, 1.54) is 6.92 Å². The maximum Gasteiger partial charge on any atom is 0.319 e. The number of halogens is 2. The monoisotopic (exact) mass is 405 g/mol. The Morgan fingerprint density at radius 2 is 2.24 bits per heavy atom. The van der Waals surface area contributed by atoms with Crippen LogP contribution in [0.3, 0.4) is 0 Å². The van der Waals surface area contributed by atoms with Gasteiger partial charge in [-0.3, -0.25) is 4.68 Å². The van der Waals surface area contributed by atoms with E-state index in [1.807, 2.05) is 13.1 Å². The van der Waals surface area contributed by atoms with E-state index < -0.39 is 18.5 Å². The largest absolute Gasteiger partial charge is 0.488 e. The Bertz CT molecular complexity index is 891. The van der Waals surface area contributed by atoms with Crippen LogP contribution in [-0.4, -0.2) is 48.2 Å². The van der Waals surface area contributed by atoms with Crippen LogP contribution in [-0.2, 0) is 7.05 Å². The van der Waals surface area contributed by atoms with Crippen LogP contribution >= 0.6 is 0 Å². The van der Waals surface area contributed by atoms with Crippen molar-refractivity contribution in [3.05, 3.63) is 41.9 Å². The molecule has 1 unspecified atom stereocenters. The number of anilines is 1. The number of hydrogen-bond donors (Lipinski definition) is 3. The molecule has 1 atom stereocenters. The molecule has 7 nitrogen and oxygen atoms in total. The second-order valence-electron chi connectivity index (χ2n) is 6.91. The first-order chi connectivity index (χ1) is 14.0. The number of urea groups is 1. The van der Waals surface area contributed by atoms with Gasteiger partial charge >= 0.3 is 6.03 Å². The number of allylic oxidation sites excluding steroid dienone is 1. The third-order valence-electron chi connectivity index (χ3n) is 4.71. The first-order valence-electron chi connectivity index (χ1n) is 9.42. The number of hydrogen-bond acceptors (Lipinski definition) is 4. The van der Waals surface area contributed by atoms with Crippen molar-refractivity contribution in [3.8, 4) is 17.0 Å². The van der Waals surface area contributed by atoms with E-state index in [0.717, 1.165) is 30.8 Å². The third-order valence-corrected chi connectivity index (χ3v) is 4.71. The number of nitrogens with one attached hydrogen (secondary N) is 3. The van der Waals surface area contributed by atoms with Crippen molar-refractivity contribution in [2.75, 3.05) is 31.6 Å². The van der Waals surface area contributed by atoms with E-state index in [-0.39, 0.29) is 18.2 Å². The zero-order valence-electron chi connectivity index (χ0n) is 16.5. The molecule has 1 aliphatic rings. The summed E-state index contributed by atoms with van der Waals surface area (Å²) in [7, 11) is 1.82. The first kappa shape index (κ1) is 20.8. The number of benzene rings is 1. The number of nitrogens with zero attached hydrogens (tertiary/aromatic N) is 2. The summed E-state index contributed by atoms with van der Waals surface area (Å²) in [6, 6.07) is 6.57. The van der Waals surface area contributed by atoms with Crippen molar-refractivity contribution >= 4 is 11.7 Å². The van der Waals surface area contributed by atoms with Crippen LogP contribution in [0.25, 0.3) is 11.3 Å². The van der Waals surface area contributed by atoms with Gasteiger partial charge in [0.15, 0.2) is 0 Å². The summed E-state index contributed by atoms with van der Waals surface area (Å²) >= 11 is 0. The number of carbonyl (C=O) groups excluding carboxylic acids is 1. The Kier molecular flexibility index (Phi) is 6.82.